The summed E-state index contributed by atoms with van der Waals surface area (Å²) in [7, 11) is 0. The Balaban J connectivity index is 2.04. The Hall–Kier alpha value is -2.34. The van der Waals surface area contributed by atoms with Crippen LogP contribution in [0.5, 0.6) is 0 Å². The van der Waals surface area contributed by atoms with E-state index in [1.807, 2.05) is 18.2 Å². The molecule has 0 spiro atoms. The summed E-state index contributed by atoms with van der Waals surface area (Å²) in [4.78, 5) is 13.8. The minimum Gasteiger partial charge on any atom is -0.481 e. The van der Waals surface area contributed by atoms with E-state index in [9.17, 15) is 23.1 Å². The molecule has 2 unspecified atom stereocenters. The highest BCUT2D eigenvalue weighted by Crippen LogP contribution is 2.40. The van der Waals surface area contributed by atoms with E-state index in [0.29, 0.717) is 23.0 Å². The Kier molecular flexibility index (Phi) is 7.65. The molecule has 3 nitrogen and oxygen atoms in total. The zero-order valence-electron chi connectivity index (χ0n) is 19.0. The van der Waals surface area contributed by atoms with Crippen LogP contribution in [0.4, 0.5) is 13.2 Å². The number of hydrogen-bond acceptors (Lipinski definition) is 2. The molecule has 1 heterocycles. The van der Waals surface area contributed by atoms with Crippen molar-refractivity contribution in [3.05, 3.63) is 59.2 Å². The minimum atomic E-state index is -4.39. The molecule has 32 heavy (non-hydrogen) atoms. The van der Waals surface area contributed by atoms with Crippen LogP contribution < -0.4 is 0 Å². The standard InChI is InChI=1S/C26H32F3NO2/c1-17(2)10-12-30-13-11-18(3)14-24(30)22-9-4-19(16-25(31)32)15-23(22)20-5-7-21(8-6-20)26(27,28)29/h4-9,15,17-18,24H,10-14,16H2,1-3H3,(H,31,32). The summed E-state index contributed by atoms with van der Waals surface area (Å²) in [5.74, 6) is 0.206. The number of carboxylic acid groups (broad SMARTS) is 1. The van der Waals surface area contributed by atoms with E-state index in [2.05, 4.69) is 25.7 Å². The van der Waals surface area contributed by atoms with Gasteiger partial charge < -0.3 is 5.11 Å². The number of likely N-dealkylation sites (tertiary alicyclic amines) is 1. The molecule has 0 aliphatic carbocycles. The lowest BCUT2D eigenvalue weighted by molar-refractivity contribution is -0.138. The first-order valence-electron chi connectivity index (χ1n) is 11.3. The van der Waals surface area contributed by atoms with E-state index >= 15 is 0 Å². The molecule has 0 aromatic heterocycles. The first kappa shape index (κ1) is 24.3. The van der Waals surface area contributed by atoms with Crippen molar-refractivity contribution in [1.82, 2.24) is 4.90 Å². The van der Waals surface area contributed by atoms with E-state index < -0.39 is 17.7 Å². The van der Waals surface area contributed by atoms with Crippen LogP contribution in [-0.4, -0.2) is 29.1 Å². The summed E-state index contributed by atoms with van der Waals surface area (Å²) < 4.78 is 39.2. The van der Waals surface area contributed by atoms with Crippen LogP contribution in [0.15, 0.2) is 42.5 Å². The van der Waals surface area contributed by atoms with Gasteiger partial charge in [0.15, 0.2) is 0 Å². The summed E-state index contributed by atoms with van der Waals surface area (Å²) in [6.07, 6.45) is -1.33. The predicted molar refractivity (Wildman–Crippen MR) is 120 cm³/mol. The molecule has 3 rings (SSSR count). The molecular weight excluding hydrogens is 415 g/mol. The lowest BCUT2D eigenvalue weighted by Crippen LogP contribution is -2.37. The van der Waals surface area contributed by atoms with Crippen molar-refractivity contribution in [3.8, 4) is 11.1 Å². The molecule has 2 aromatic rings. The Labute approximate surface area is 188 Å². The van der Waals surface area contributed by atoms with E-state index in [1.54, 1.807) is 0 Å². The second-order valence-corrected chi connectivity index (χ2v) is 9.43. The van der Waals surface area contributed by atoms with Gasteiger partial charge in [0.1, 0.15) is 0 Å². The summed E-state index contributed by atoms with van der Waals surface area (Å²) in [6, 6.07) is 11.0. The lowest BCUT2D eigenvalue weighted by Gasteiger charge is -2.40. The molecule has 1 aliphatic rings. The number of carbonyl (C=O) groups is 1. The molecule has 174 valence electrons. The van der Waals surface area contributed by atoms with Gasteiger partial charge in [0, 0.05) is 6.04 Å². The van der Waals surface area contributed by atoms with E-state index in [-0.39, 0.29) is 12.5 Å². The molecule has 0 radical (unpaired) electrons. The Morgan fingerprint density at radius 3 is 2.44 bits per heavy atom. The van der Waals surface area contributed by atoms with Crippen molar-refractivity contribution in [3.63, 3.8) is 0 Å². The van der Waals surface area contributed by atoms with Gasteiger partial charge in [0.05, 0.1) is 12.0 Å². The molecule has 1 N–H and O–H groups in total. The maximum absolute atomic E-state index is 13.1. The summed E-state index contributed by atoms with van der Waals surface area (Å²) in [6.45, 7) is 8.61. The van der Waals surface area contributed by atoms with Crippen molar-refractivity contribution in [2.45, 2.75) is 58.7 Å². The number of alkyl halides is 3. The average molecular weight is 448 g/mol. The largest absolute Gasteiger partial charge is 0.481 e. The van der Waals surface area contributed by atoms with Gasteiger partial charge in [-0.2, -0.15) is 13.2 Å². The number of halogens is 3. The van der Waals surface area contributed by atoms with Gasteiger partial charge in [-0.1, -0.05) is 51.1 Å². The summed E-state index contributed by atoms with van der Waals surface area (Å²) >= 11 is 0. The van der Waals surface area contributed by atoms with Gasteiger partial charge in [0.25, 0.3) is 0 Å². The van der Waals surface area contributed by atoms with Gasteiger partial charge in [-0.15, -0.1) is 0 Å². The predicted octanol–water partition coefficient (Wildman–Crippen LogP) is 6.82. The van der Waals surface area contributed by atoms with Crippen LogP contribution in [0, 0.1) is 11.8 Å². The number of aliphatic carboxylic acids is 1. The fraction of sp³-hybridized carbons (Fsp3) is 0.500. The van der Waals surface area contributed by atoms with Gasteiger partial charge in [-0.05, 0) is 78.6 Å². The number of piperidine rings is 1. The third-order valence-electron chi connectivity index (χ3n) is 6.32. The second kappa shape index (κ2) is 10.1. The molecule has 1 aliphatic heterocycles. The summed E-state index contributed by atoms with van der Waals surface area (Å²) in [5.41, 5.74) is 2.53. The molecular formula is C26H32F3NO2. The monoisotopic (exact) mass is 447 g/mol. The van der Waals surface area contributed by atoms with E-state index in [1.165, 1.54) is 12.1 Å². The highest BCUT2D eigenvalue weighted by molar-refractivity contribution is 5.74. The van der Waals surface area contributed by atoms with Crippen LogP contribution >= 0.6 is 0 Å². The second-order valence-electron chi connectivity index (χ2n) is 9.43. The molecule has 0 amide bonds. The maximum Gasteiger partial charge on any atom is 0.416 e. The fourth-order valence-corrected chi connectivity index (χ4v) is 4.47. The molecule has 0 saturated carbocycles. The van der Waals surface area contributed by atoms with Crippen molar-refractivity contribution in [2.75, 3.05) is 13.1 Å². The smallest absolute Gasteiger partial charge is 0.416 e. The van der Waals surface area contributed by atoms with E-state index in [4.69, 9.17) is 0 Å². The SMILES string of the molecule is CC(C)CCN1CCC(C)CC1c1ccc(CC(=O)O)cc1-c1ccc(C(F)(F)F)cc1. The quantitative estimate of drug-likeness (QED) is 0.506. The van der Waals surface area contributed by atoms with Gasteiger partial charge in [-0.3, -0.25) is 9.69 Å². The first-order valence-corrected chi connectivity index (χ1v) is 11.3. The molecule has 0 bridgehead atoms. The number of hydrogen-bond donors (Lipinski definition) is 1. The van der Waals surface area contributed by atoms with Crippen LogP contribution in [0.1, 0.15) is 62.8 Å². The van der Waals surface area contributed by atoms with E-state index in [0.717, 1.165) is 55.6 Å². The third-order valence-corrected chi connectivity index (χ3v) is 6.32. The van der Waals surface area contributed by atoms with Crippen LogP contribution in [-0.2, 0) is 17.4 Å². The number of carboxylic acids is 1. The van der Waals surface area contributed by atoms with Gasteiger partial charge >= 0.3 is 12.1 Å². The number of nitrogens with zero attached hydrogens (tertiary/aromatic N) is 1. The zero-order valence-corrected chi connectivity index (χ0v) is 19.0. The average Bonchev–Trinajstić information content (AvgIpc) is 2.72. The van der Waals surface area contributed by atoms with Crippen LogP contribution in [0.3, 0.4) is 0 Å². The van der Waals surface area contributed by atoms with Crippen LogP contribution in [0.2, 0.25) is 0 Å². The van der Waals surface area contributed by atoms with Crippen molar-refractivity contribution < 1.29 is 23.1 Å². The van der Waals surface area contributed by atoms with Crippen LogP contribution in [0.25, 0.3) is 11.1 Å². The third kappa shape index (κ3) is 6.12. The topological polar surface area (TPSA) is 40.5 Å². The molecule has 6 heteroatoms. The highest BCUT2D eigenvalue weighted by atomic mass is 19.4. The normalized spacial score (nSPS) is 20.0. The van der Waals surface area contributed by atoms with Crippen molar-refractivity contribution in [1.29, 1.82) is 0 Å². The maximum atomic E-state index is 13.1. The number of benzene rings is 2. The minimum absolute atomic E-state index is 0.119. The Bertz CT molecular complexity index is 922. The molecule has 2 atom stereocenters. The summed E-state index contributed by atoms with van der Waals surface area (Å²) in [5, 5.41) is 9.24. The fourth-order valence-electron chi connectivity index (χ4n) is 4.47. The molecule has 2 aromatic carbocycles. The molecule has 1 saturated heterocycles. The Morgan fingerprint density at radius 2 is 1.84 bits per heavy atom. The Morgan fingerprint density at radius 1 is 1.16 bits per heavy atom. The van der Waals surface area contributed by atoms with Gasteiger partial charge in [-0.25, -0.2) is 0 Å². The zero-order chi connectivity index (χ0) is 23.5. The van der Waals surface area contributed by atoms with Crippen molar-refractivity contribution in [2.24, 2.45) is 11.8 Å². The van der Waals surface area contributed by atoms with Gasteiger partial charge in [0.2, 0.25) is 0 Å². The lowest BCUT2D eigenvalue weighted by atomic mass is 9.83. The highest BCUT2D eigenvalue weighted by Gasteiger charge is 2.31. The molecule has 1 fully saturated rings. The van der Waals surface area contributed by atoms with Crippen molar-refractivity contribution >= 4 is 5.97 Å². The number of rotatable bonds is 7. The first-order chi connectivity index (χ1) is 15.0.